The van der Waals surface area contributed by atoms with Crippen molar-refractivity contribution in [3.8, 4) is 0 Å². The maximum Gasteiger partial charge on any atom is 0.416 e. The molecule has 1 atom stereocenters. The topological polar surface area (TPSA) is 29.1 Å². The maximum atomic E-state index is 13.4. The molecule has 1 aliphatic rings. The Morgan fingerprint density at radius 1 is 0.923 bits per heavy atom. The Morgan fingerprint density at radius 2 is 1.62 bits per heavy atom. The Kier molecular flexibility index (Phi) is 4.68. The molecule has 0 aliphatic carbocycles. The van der Waals surface area contributed by atoms with Gasteiger partial charge in [-0.2, -0.15) is 26.3 Å². The number of para-hydroxylation sites is 1. The molecule has 1 N–H and O–H groups in total. The fourth-order valence-electron chi connectivity index (χ4n) is 2.75. The first-order valence-corrected chi connectivity index (χ1v) is 8.41. The van der Waals surface area contributed by atoms with Gasteiger partial charge >= 0.3 is 12.4 Å². The molecule has 2 nitrogen and oxygen atoms in total. The van der Waals surface area contributed by atoms with Crippen molar-refractivity contribution >= 4 is 23.4 Å². The fourth-order valence-corrected chi connectivity index (χ4v) is 3.90. The van der Waals surface area contributed by atoms with Crippen molar-refractivity contribution < 1.29 is 31.1 Å². The Balaban J connectivity index is 2.23. The molecular formula is C17H11F6NOS. The van der Waals surface area contributed by atoms with Gasteiger partial charge in [0.1, 0.15) is 0 Å². The zero-order chi connectivity index (χ0) is 19.1. The van der Waals surface area contributed by atoms with Crippen molar-refractivity contribution in [2.24, 2.45) is 0 Å². The van der Waals surface area contributed by atoms with Crippen LogP contribution < -0.4 is 5.32 Å². The van der Waals surface area contributed by atoms with Crippen LogP contribution in [0.2, 0.25) is 0 Å². The minimum atomic E-state index is -4.82. The summed E-state index contributed by atoms with van der Waals surface area (Å²) in [5.41, 5.74) is -2.21. The van der Waals surface area contributed by atoms with Gasteiger partial charge < -0.3 is 5.32 Å². The maximum absolute atomic E-state index is 13.4. The highest BCUT2D eigenvalue weighted by atomic mass is 32.2. The van der Waals surface area contributed by atoms with E-state index in [4.69, 9.17) is 0 Å². The summed E-state index contributed by atoms with van der Waals surface area (Å²) in [4.78, 5) is 11.8. The molecule has 0 aromatic heterocycles. The van der Waals surface area contributed by atoms with E-state index in [1.54, 1.807) is 12.1 Å². The van der Waals surface area contributed by atoms with Gasteiger partial charge in [0.25, 0.3) is 0 Å². The van der Waals surface area contributed by atoms with Crippen molar-refractivity contribution in [3.05, 3.63) is 64.7 Å². The van der Waals surface area contributed by atoms with Crippen molar-refractivity contribution in [1.29, 1.82) is 0 Å². The van der Waals surface area contributed by atoms with Gasteiger partial charge in [-0.25, -0.2) is 0 Å². The normalized spacial score (nSPS) is 18.1. The highest BCUT2D eigenvalue weighted by Crippen LogP contribution is 2.47. The molecule has 0 bridgehead atoms. The zero-order valence-electron chi connectivity index (χ0n) is 12.9. The minimum Gasteiger partial charge on any atom is -0.325 e. The van der Waals surface area contributed by atoms with Crippen molar-refractivity contribution in [2.45, 2.75) is 17.6 Å². The summed E-state index contributed by atoms with van der Waals surface area (Å²) in [6.07, 6.45) is -9.60. The summed E-state index contributed by atoms with van der Waals surface area (Å²) in [7, 11) is 0. The second-order valence-corrected chi connectivity index (χ2v) is 6.72. The van der Waals surface area contributed by atoms with E-state index in [2.05, 4.69) is 5.32 Å². The minimum absolute atomic E-state index is 0.174. The summed E-state index contributed by atoms with van der Waals surface area (Å²) in [6, 6.07) is 7.54. The highest BCUT2D eigenvalue weighted by Gasteiger charge is 2.40. The number of thioether (sulfide) groups is 1. The van der Waals surface area contributed by atoms with Gasteiger partial charge in [0.05, 0.1) is 22.1 Å². The van der Waals surface area contributed by atoms with Crippen LogP contribution in [0.15, 0.2) is 42.5 Å². The number of carbonyl (C=O) groups is 1. The van der Waals surface area contributed by atoms with Crippen molar-refractivity contribution in [1.82, 2.24) is 0 Å². The molecule has 0 fully saturated rings. The first kappa shape index (κ1) is 18.6. The van der Waals surface area contributed by atoms with Crippen molar-refractivity contribution in [2.75, 3.05) is 11.1 Å². The predicted molar refractivity (Wildman–Crippen MR) is 85.8 cm³/mol. The average molecular weight is 391 g/mol. The number of amides is 1. The molecule has 1 amide bonds. The molecule has 1 heterocycles. The van der Waals surface area contributed by atoms with E-state index in [0.717, 1.165) is 11.8 Å². The number of carbonyl (C=O) groups excluding carboxylic acids is 1. The standard InChI is InChI=1S/C17H11F6NOS/c18-16(19,20)9-5-6-12(17(21,22)23)11(7-9)15-10-3-1-2-4-13(10)24-14(25)8-26-15/h1-7,15H,8H2,(H,24,25). The number of alkyl halides is 6. The summed E-state index contributed by atoms with van der Waals surface area (Å²) in [5, 5.41) is 1.50. The second-order valence-electron chi connectivity index (χ2n) is 5.62. The van der Waals surface area contributed by atoms with Gasteiger partial charge in [-0.05, 0) is 35.4 Å². The van der Waals surface area contributed by atoms with Crippen molar-refractivity contribution in [3.63, 3.8) is 0 Å². The molecule has 1 unspecified atom stereocenters. The molecule has 9 heteroatoms. The lowest BCUT2D eigenvalue weighted by Crippen LogP contribution is -2.15. The average Bonchev–Trinajstić information content (AvgIpc) is 2.71. The van der Waals surface area contributed by atoms with Gasteiger partial charge in [-0.1, -0.05) is 18.2 Å². The number of rotatable bonds is 1. The number of benzene rings is 2. The molecule has 0 spiro atoms. The van der Waals surface area contributed by atoms with Crippen LogP contribution in [0.5, 0.6) is 0 Å². The molecule has 0 saturated carbocycles. The lowest BCUT2D eigenvalue weighted by Gasteiger charge is -2.23. The summed E-state index contributed by atoms with van der Waals surface area (Å²) >= 11 is 0.858. The first-order valence-electron chi connectivity index (χ1n) is 7.36. The molecule has 3 rings (SSSR count). The van der Waals surface area contributed by atoms with Crippen LogP contribution in [-0.2, 0) is 17.1 Å². The van der Waals surface area contributed by atoms with Crippen LogP contribution in [0.3, 0.4) is 0 Å². The van der Waals surface area contributed by atoms with E-state index < -0.39 is 40.2 Å². The van der Waals surface area contributed by atoms with Crippen LogP contribution in [0.1, 0.15) is 27.5 Å². The van der Waals surface area contributed by atoms with Gasteiger partial charge in [0.2, 0.25) is 5.91 Å². The molecule has 0 saturated heterocycles. The quantitative estimate of drug-likeness (QED) is 0.651. The third kappa shape index (κ3) is 3.67. The lowest BCUT2D eigenvalue weighted by atomic mass is 9.95. The zero-order valence-corrected chi connectivity index (χ0v) is 13.7. The van der Waals surface area contributed by atoms with E-state index in [9.17, 15) is 31.1 Å². The monoisotopic (exact) mass is 391 g/mol. The van der Waals surface area contributed by atoms with E-state index in [1.807, 2.05) is 0 Å². The molecule has 26 heavy (non-hydrogen) atoms. The third-order valence-corrected chi connectivity index (χ3v) is 5.14. The largest absolute Gasteiger partial charge is 0.416 e. The molecular weight excluding hydrogens is 380 g/mol. The number of hydrogen-bond donors (Lipinski definition) is 1. The first-order chi connectivity index (χ1) is 12.1. The summed E-state index contributed by atoms with van der Waals surface area (Å²) in [5.74, 6) is -0.599. The number of nitrogens with one attached hydrogen (secondary N) is 1. The van der Waals surface area contributed by atoms with Crippen LogP contribution >= 0.6 is 11.8 Å². The molecule has 138 valence electrons. The Hall–Kier alpha value is -2.16. The molecule has 1 aliphatic heterocycles. The fraction of sp³-hybridized carbons (Fsp3) is 0.235. The third-order valence-electron chi connectivity index (χ3n) is 3.87. The second kappa shape index (κ2) is 6.53. The molecule has 0 radical (unpaired) electrons. The van der Waals surface area contributed by atoms with Crippen LogP contribution in [-0.4, -0.2) is 11.7 Å². The van der Waals surface area contributed by atoms with Gasteiger partial charge in [-0.15, -0.1) is 11.8 Å². The predicted octanol–water partition coefficient (Wildman–Crippen LogP) is 5.50. The van der Waals surface area contributed by atoms with Crippen LogP contribution in [0.4, 0.5) is 32.0 Å². The van der Waals surface area contributed by atoms with E-state index in [-0.39, 0.29) is 11.4 Å². The SMILES string of the molecule is O=C1CSC(c2cc(C(F)(F)F)ccc2C(F)(F)F)c2ccccc2N1. The molecule has 2 aromatic rings. The summed E-state index contributed by atoms with van der Waals surface area (Å²) in [6.45, 7) is 0. The number of fused-ring (bicyclic) bond motifs is 1. The Bertz CT molecular complexity index is 846. The molecule has 2 aromatic carbocycles. The van der Waals surface area contributed by atoms with Gasteiger partial charge in [0, 0.05) is 5.69 Å². The number of hydrogen-bond acceptors (Lipinski definition) is 2. The number of anilines is 1. The van der Waals surface area contributed by atoms with E-state index >= 15 is 0 Å². The van der Waals surface area contributed by atoms with Crippen LogP contribution in [0.25, 0.3) is 0 Å². The Labute approximate surface area is 148 Å². The van der Waals surface area contributed by atoms with Crippen LogP contribution in [0, 0.1) is 0 Å². The lowest BCUT2D eigenvalue weighted by molar-refractivity contribution is -0.141. The smallest absolute Gasteiger partial charge is 0.325 e. The highest BCUT2D eigenvalue weighted by molar-refractivity contribution is 8.00. The van der Waals surface area contributed by atoms with E-state index in [0.29, 0.717) is 23.8 Å². The van der Waals surface area contributed by atoms with Gasteiger partial charge in [-0.3, -0.25) is 4.79 Å². The number of halogens is 6. The van der Waals surface area contributed by atoms with Gasteiger partial charge in [0.15, 0.2) is 0 Å². The van der Waals surface area contributed by atoms with E-state index in [1.165, 1.54) is 12.1 Å². The summed E-state index contributed by atoms with van der Waals surface area (Å²) < 4.78 is 79.4. The Morgan fingerprint density at radius 3 is 2.27 bits per heavy atom.